The summed E-state index contributed by atoms with van der Waals surface area (Å²) in [7, 11) is 0. The molecule has 1 aliphatic carbocycles. The lowest BCUT2D eigenvalue weighted by molar-refractivity contribution is -0.147. The van der Waals surface area contributed by atoms with Gasteiger partial charge in [0.1, 0.15) is 5.54 Å². The summed E-state index contributed by atoms with van der Waals surface area (Å²) in [5.41, 5.74) is -1.08. The van der Waals surface area contributed by atoms with E-state index in [0.29, 0.717) is 6.42 Å². The average Bonchev–Trinajstić information content (AvgIpc) is 2.79. The Morgan fingerprint density at radius 1 is 1.79 bits per heavy atom. The maximum atomic E-state index is 11.4. The van der Waals surface area contributed by atoms with Crippen molar-refractivity contribution in [3.8, 4) is 0 Å². The quantitative estimate of drug-likeness (QED) is 0.517. The van der Waals surface area contributed by atoms with Crippen molar-refractivity contribution in [2.75, 3.05) is 6.61 Å². The van der Waals surface area contributed by atoms with E-state index in [1.165, 1.54) is 0 Å². The van der Waals surface area contributed by atoms with E-state index in [-0.39, 0.29) is 12.5 Å². The highest BCUT2D eigenvalue weighted by Gasteiger charge is 2.61. The summed E-state index contributed by atoms with van der Waals surface area (Å²) in [4.78, 5) is 21.9. The molecule has 0 bridgehead atoms. The van der Waals surface area contributed by atoms with Crippen LogP contribution in [-0.4, -0.2) is 29.3 Å². The van der Waals surface area contributed by atoms with Crippen LogP contribution in [-0.2, 0) is 9.53 Å². The summed E-state index contributed by atoms with van der Waals surface area (Å²) < 4.78 is 4.79. The molecule has 0 aromatic rings. The zero-order valence-electron chi connectivity index (χ0n) is 7.95. The van der Waals surface area contributed by atoms with Crippen molar-refractivity contribution in [2.45, 2.75) is 18.9 Å². The van der Waals surface area contributed by atoms with Crippen LogP contribution in [0, 0.1) is 5.92 Å². The summed E-state index contributed by atoms with van der Waals surface area (Å²) in [5, 5.41) is 10.8. The fraction of sp³-hybridized carbons (Fsp3) is 0.556. The monoisotopic (exact) mass is 199 g/mol. The fourth-order valence-electron chi connectivity index (χ4n) is 1.45. The van der Waals surface area contributed by atoms with Gasteiger partial charge in [-0.15, -0.1) is 6.58 Å². The molecule has 0 spiro atoms. The predicted molar refractivity (Wildman–Crippen MR) is 48.8 cm³/mol. The molecule has 1 fully saturated rings. The molecule has 78 valence electrons. The number of esters is 1. The van der Waals surface area contributed by atoms with Crippen LogP contribution in [0.3, 0.4) is 0 Å². The maximum Gasteiger partial charge on any atom is 0.405 e. The van der Waals surface area contributed by atoms with Crippen LogP contribution in [0.2, 0.25) is 0 Å². The zero-order chi connectivity index (χ0) is 10.8. The molecule has 2 N–H and O–H groups in total. The summed E-state index contributed by atoms with van der Waals surface area (Å²) in [6.07, 6.45) is 0.775. The van der Waals surface area contributed by atoms with E-state index in [2.05, 4.69) is 11.9 Å². The summed E-state index contributed by atoms with van der Waals surface area (Å²) in [6.45, 7) is 5.45. The van der Waals surface area contributed by atoms with E-state index >= 15 is 0 Å². The molecule has 0 aromatic heterocycles. The third-order valence-electron chi connectivity index (χ3n) is 2.27. The van der Waals surface area contributed by atoms with Gasteiger partial charge in [-0.1, -0.05) is 6.08 Å². The molecule has 0 aromatic carbocycles. The Bertz CT molecular complexity index is 276. The molecular formula is C9H13NO4. The van der Waals surface area contributed by atoms with Crippen molar-refractivity contribution < 1.29 is 19.4 Å². The van der Waals surface area contributed by atoms with Gasteiger partial charge in [-0.2, -0.15) is 0 Å². The lowest BCUT2D eigenvalue weighted by atomic mass is 10.2. The maximum absolute atomic E-state index is 11.4. The average molecular weight is 199 g/mol. The topological polar surface area (TPSA) is 75.6 Å². The lowest BCUT2D eigenvalue weighted by Gasteiger charge is -2.14. The summed E-state index contributed by atoms with van der Waals surface area (Å²) in [5.74, 6) is -0.676. The first-order valence-electron chi connectivity index (χ1n) is 4.37. The Hall–Kier alpha value is -1.52. The van der Waals surface area contributed by atoms with Crippen LogP contribution in [0.5, 0.6) is 0 Å². The second kappa shape index (κ2) is 3.69. The van der Waals surface area contributed by atoms with Gasteiger partial charge in [0.25, 0.3) is 0 Å². The van der Waals surface area contributed by atoms with E-state index in [0.717, 1.165) is 0 Å². The van der Waals surface area contributed by atoms with Gasteiger partial charge < -0.3 is 15.2 Å². The highest BCUT2D eigenvalue weighted by molar-refractivity contribution is 5.89. The minimum absolute atomic E-state index is 0.155. The minimum Gasteiger partial charge on any atom is -0.465 e. The predicted octanol–water partition coefficient (Wildman–Crippen LogP) is 0.762. The summed E-state index contributed by atoms with van der Waals surface area (Å²) >= 11 is 0. The van der Waals surface area contributed by atoms with Crippen LogP contribution in [0.25, 0.3) is 0 Å². The number of amides is 1. The van der Waals surface area contributed by atoms with E-state index in [1.807, 2.05) is 0 Å². The van der Waals surface area contributed by atoms with Crippen molar-refractivity contribution in [1.29, 1.82) is 0 Å². The van der Waals surface area contributed by atoms with Crippen molar-refractivity contribution in [3.05, 3.63) is 12.7 Å². The fourth-order valence-corrected chi connectivity index (χ4v) is 1.45. The first kappa shape index (κ1) is 10.6. The van der Waals surface area contributed by atoms with Crippen LogP contribution >= 0.6 is 0 Å². The molecule has 2 unspecified atom stereocenters. The number of hydrogen-bond acceptors (Lipinski definition) is 3. The third-order valence-corrected chi connectivity index (χ3v) is 2.27. The van der Waals surface area contributed by atoms with E-state index in [9.17, 15) is 9.59 Å². The Kier molecular flexibility index (Phi) is 2.78. The second-order valence-corrected chi connectivity index (χ2v) is 3.17. The van der Waals surface area contributed by atoms with Gasteiger partial charge in [0, 0.05) is 5.92 Å². The molecule has 1 aliphatic rings. The van der Waals surface area contributed by atoms with E-state index in [4.69, 9.17) is 9.84 Å². The smallest absolute Gasteiger partial charge is 0.405 e. The molecule has 5 heteroatoms. The first-order valence-corrected chi connectivity index (χ1v) is 4.37. The number of hydrogen-bond donors (Lipinski definition) is 2. The van der Waals surface area contributed by atoms with Crippen LogP contribution in [0.15, 0.2) is 12.7 Å². The molecule has 0 saturated heterocycles. The SMILES string of the molecule is C=CC1CC1(NC(=O)O)C(=O)OCC. The second-order valence-electron chi connectivity index (χ2n) is 3.17. The number of carboxylic acid groups (broad SMARTS) is 1. The van der Waals surface area contributed by atoms with Crippen molar-refractivity contribution in [1.82, 2.24) is 5.32 Å². The van der Waals surface area contributed by atoms with Crippen molar-refractivity contribution >= 4 is 12.1 Å². The van der Waals surface area contributed by atoms with Crippen molar-refractivity contribution in [3.63, 3.8) is 0 Å². The minimum atomic E-state index is -1.22. The lowest BCUT2D eigenvalue weighted by Crippen LogP contribution is -2.45. The summed E-state index contributed by atoms with van der Waals surface area (Å²) in [6, 6.07) is 0. The Morgan fingerprint density at radius 3 is 2.79 bits per heavy atom. The van der Waals surface area contributed by atoms with Gasteiger partial charge in [-0.3, -0.25) is 0 Å². The molecule has 5 nitrogen and oxygen atoms in total. The Morgan fingerprint density at radius 2 is 2.43 bits per heavy atom. The molecule has 1 saturated carbocycles. The van der Waals surface area contributed by atoms with E-state index < -0.39 is 17.6 Å². The molecule has 0 radical (unpaired) electrons. The van der Waals surface area contributed by atoms with Crippen LogP contribution in [0.1, 0.15) is 13.3 Å². The molecule has 1 rings (SSSR count). The molecule has 1 amide bonds. The Labute approximate surface area is 81.7 Å². The Balaban J connectivity index is 2.70. The molecular weight excluding hydrogens is 186 g/mol. The van der Waals surface area contributed by atoms with Crippen LogP contribution < -0.4 is 5.32 Å². The number of carbonyl (C=O) groups is 2. The number of rotatable bonds is 4. The molecule has 14 heavy (non-hydrogen) atoms. The molecule has 0 aliphatic heterocycles. The van der Waals surface area contributed by atoms with Crippen LogP contribution in [0.4, 0.5) is 4.79 Å². The van der Waals surface area contributed by atoms with E-state index in [1.54, 1.807) is 13.0 Å². The van der Waals surface area contributed by atoms with Crippen molar-refractivity contribution in [2.24, 2.45) is 5.92 Å². The third kappa shape index (κ3) is 1.71. The normalized spacial score (nSPS) is 29.1. The number of ether oxygens (including phenoxy) is 1. The van der Waals surface area contributed by atoms with Gasteiger partial charge in [-0.25, -0.2) is 9.59 Å². The largest absolute Gasteiger partial charge is 0.465 e. The highest BCUT2D eigenvalue weighted by atomic mass is 16.5. The van der Waals surface area contributed by atoms with Gasteiger partial charge in [0.05, 0.1) is 6.61 Å². The zero-order valence-corrected chi connectivity index (χ0v) is 7.95. The van der Waals surface area contributed by atoms with Gasteiger partial charge in [0.15, 0.2) is 0 Å². The van der Waals surface area contributed by atoms with Gasteiger partial charge >= 0.3 is 12.1 Å². The number of nitrogens with one attached hydrogen (secondary N) is 1. The molecule has 2 atom stereocenters. The van der Waals surface area contributed by atoms with Gasteiger partial charge in [-0.05, 0) is 13.3 Å². The number of carbonyl (C=O) groups excluding carboxylic acids is 1. The molecule has 0 heterocycles. The standard InChI is InChI=1S/C9H13NO4/c1-3-6-5-9(6,10-8(12)13)7(11)14-4-2/h3,6,10H,1,4-5H2,2H3,(H,12,13). The first-order chi connectivity index (χ1) is 6.56. The van der Waals surface area contributed by atoms with Gasteiger partial charge in [0.2, 0.25) is 0 Å². The highest BCUT2D eigenvalue weighted by Crippen LogP contribution is 2.45.